The molecular weight excluding hydrogens is 360 g/mol. The number of carbonyl (C=O) groups is 2. The van der Waals surface area contributed by atoms with Gasteiger partial charge in [-0.1, -0.05) is 11.6 Å². The summed E-state index contributed by atoms with van der Waals surface area (Å²) in [6, 6.07) is 3.32. The van der Waals surface area contributed by atoms with Gasteiger partial charge in [0.25, 0.3) is 0 Å². The van der Waals surface area contributed by atoms with Gasteiger partial charge >= 0.3 is 5.97 Å². The van der Waals surface area contributed by atoms with Gasteiger partial charge in [-0.15, -0.1) is 0 Å². The van der Waals surface area contributed by atoms with E-state index in [2.05, 4.69) is 0 Å². The second kappa shape index (κ2) is 7.56. The average Bonchev–Trinajstić information content (AvgIpc) is 2.43. The number of aliphatic hydroxyl groups excluding tert-OH is 1. The molecule has 0 unspecified atom stereocenters. The Morgan fingerprint density at radius 1 is 1.33 bits per heavy atom. The van der Waals surface area contributed by atoms with Crippen molar-refractivity contribution in [1.29, 1.82) is 5.41 Å². The van der Waals surface area contributed by atoms with E-state index in [1.165, 1.54) is 13.0 Å². The molecule has 1 rings (SSSR count). The topological polar surface area (TPSA) is 148 Å². The summed E-state index contributed by atoms with van der Waals surface area (Å²) in [5.74, 6) is -2.10. The number of benzene rings is 1. The van der Waals surface area contributed by atoms with Crippen LogP contribution in [0.3, 0.4) is 0 Å². The van der Waals surface area contributed by atoms with E-state index in [1.807, 2.05) is 0 Å². The summed E-state index contributed by atoms with van der Waals surface area (Å²) in [5.41, 5.74) is -0.602. The molecule has 0 bridgehead atoms. The molecule has 0 saturated heterocycles. The first-order valence-corrected chi connectivity index (χ1v) is 8.35. The quantitative estimate of drug-likeness (QED) is 0.298. The second-order valence-corrected chi connectivity index (χ2v) is 6.71. The van der Waals surface area contributed by atoms with Crippen molar-refractivity contribution < 1.29 is 27.9 Å². The fourth-order valence-corrected chi connectivity index (χ4v) is 2.89. The summed E-state index contributed by atoms with van der Waals surface area (Å²) in [4.78, 5) is 22.8. The fraction of sp³-hybridized carbons (Fsp3) is 0.214. The Morgan fingerprint density at radius 2 is 1.92 bits per heavy atom. The Bertz CT molecular complexity index is 829. The van der Waals surface area contributed by atoms with Gasteiger partial charge in [0.1, 0.15) is 17.3 Å². The maximum Gasteiger partial charge on any atom is 0.338 e. The number of ketones is 1. The van der Waals surface area contributed by atoms with Crippen LogP contribution in [0, 0.1) is 5.41 Å². The smallest absolute Gasteiger partial charge is 0.338 e. The highest BCUT2D eigenvalue weighted by atomic mass is 35.5. The lowest BCUT2D eigenvalue weighted by molar-refractivity contribution is -0.113. The lowest BCUT2D eigenvalue weighted by Gasteiger charge is -2.09. The molecule has 0 heterocycles. The Hall–Kier alpha value is -2.23. The van der Waals surface area contributed by atoms with E-state index in [4.69, 9.17) is 26.9 Å². The molecule has 0 amide bonds. The van der Waals surface area contributed by atoms with Crippen molar-refractivity contribution in [3.8, 4) is 0 Å². The van der Waals surface area contributed by atoms with Crippen LogP contribution in [0.1, 0.15) is 24.2 Å². The molecule has 0 aromatic heterocycles. The lowest BCUT2D eigenvalue weighted by Crippen LogP contribution is -2.16. The maximum atomic E-state index is 11.9. The third-order valence-corrected chi connectivity index (χ3v) is 4.22. The highest BCUT2D eigenvalue weighted by Crippen LogP contribution is 2.22. The highest BCUT2D eigenvalue weighted by Gasteiger charge is 2.19. The Labute approximate surface area is 143 Å². The molecule has 4 N–H and O–H groups in total. The van der Waals surface area contributed by atoms with Crippen LogP contribution in [0.25, 0.3) is 0 Å². The van der Waals surface area contributed by atoms with Crippen LogP contribution >= 0.6 is 11.6 Å². The third kappa shape index (κ3) is 4.88. The van der Waals surface area contributed by atoms with Crippen LogP contribution in [-0.4, -0.2) is 37.6 Å². The van der Waals surface area contributed by atoms with Gasteiger partial charge in [-0.05, 0) is 32.0 Å². The standard InChI is InChI=1S/C14H15ClN2O6S/c1-7(16)13(8(2)18)11(19)6-23-14(20)9-3-4-10(15)12(5-9)24(17,21)22/h3-5,16,19H,6H2,1-2H3,(H2,17,21,22)/b13-11-,16-7?. The number of allylic oxidation sites excluding steroid dienone is 1. The number of hydrogen-bond acceptors (Lipinski definition) is 7. The molecule has 0 saturated carbocycles. The monoisotopic (exact) mass is 374 g/mol. The predicted octanol–water partition coefficient (Wildman–Crippen LogP) is 1.58. The molecule has 0 aliphatic rings. The number of esters is 1. The minimum atomic E-state index is -4.13. The molecule has 8 nitrogen and oxygen atoms in total. The van der Waals surface area contributed by atoms with Crippen LogP contribution in [0.4, 0.5) is 0 Å². The molecule has 24 heavy (non-hydrogen) atoms. The molecule has 1 aromatic rings. The summed E-state index contributed by atoms with van der Waals surface area (Å²) in [6.45, 7) is 1.80. The largest absolute Gasteiger partial charge is 0.508 e. The number of halogens is 1. The van der Waals surface area contributed by atoms with E-state index in [-0.39, 0.29) is 21.9 Å². The minimum absolute atomic E-state index is 0.157. The number of nitrogens with two attached hydrogens (primary N) is 1. The van der Waals surface area contributed by atoms with Gasteiger partial charge in [0.05, 0.1) is 16.2 Å². The van der Waals surface area contributed by atoms with E-state index in [0.29, 0.717) is 0 Å². The van der Waals surface area contributed by atoms with Crippen LogP contribution < -0.4 is 5.14 Å². The number of Topliss-reactive ketones (excluding diaryl/α,β-unsaturated/α-hetero) is 1. The molecule has 0 fully saturated rings. The van der Waals surface area contributed by atoms with E-state index in [0.717, 1.165) is 19.1 Å². The van der Waals surface area contributed by atoms with Crippen molar-refractivity contribution in [1.82, 2.24) is 0 Å². The molecule has 0 aliphatic carbocycles. The van der Waals surface area contributed by atoms with Crippen molar-refractivity contribution in [2.24, 2.45) is 5.14 Å². The third-order valence-electron chi connectivity index (χ3n) is 2.83. The van der Waals surface area contributed by atoms with Crippen molar-refractivity contribution in [3.63, 3.8) is 0 Å². The van der Waals surface area contributed by atoms with Crippen molar-refractivity contribution in [2.75, 3.05) is 6.61 Å². The highest BCUT2D eigenvalue weighted by molar-refractivity contribution is 7.89. The summed E-state index contributed by atoms with van der Waals surface area (Å²) < 4.78 is 27.5. The maximum absolute atomic E-state index is 11.9. The number of hydrogen-bond donors (Lipinski definition) is 3. The predicted molar refractivity (Wildman–Crippen MR) is 86.8 cm³/mol. The van der Waals surface area contributed by atoms with E-state index in [9.17, 15) is 23.1 Å². The molecule has 0 aliphatic heterocycles. The zero-order valence-corrected chi connectivity index (χ0v) is 14.4. The number of ether oxygens (including phenoxy) is 1. The first-order valence-electron chi connectivity index (χ1n) is 6.43. The Kier molecular flexibility index (Phi) is 6.24. The first kappa shape index (κ1) is 19.8. The first-order chi connectivity index (χ1) is 10.9. The normalized spacial score (nSPS) is 12.3. The van der Waals surface area contributed by atoms with E-state index < -0.39 is 39.0 Å². The second-order valence-electron chi connectivity index (χ2n) is 4.77. The van der Waals surface area contributed by atoms with Gasteiger partial charge < -0.3 is 15.3 Å². The van der Waals surface area contributed by atoms with Crippen molar-refractivity contribution in [3.05, 3.63) is 40.1 Å². The molecule has 0 spiro atoms. The SMILES string of the molecule is CC(=N)/C(C(C)=O)=C(/O)COC(=O)c1ccc(Cl)c(S(N)(=O)=O)c1. The number of primary sulfonamides is 1. The molecule has 1 aromatic carbocycles. The van der Waals surface area contributed by atoms with Gasteiger partial charge in [-0.3, -0.25) is 4.79 Å². The number of carbonyl (C=O) groups excluding carboxylic acids is 2. The number of rotatable bonds is 6. The van der Waals surface area contributed by atoms with Crippen LogP contribution in [-0.2, 0) is 19.6 Å². The Morgan fingerprint density at radius 3 is 2.38 bits per heavy atom. The van der Waals surface area contributed by atoms with E-state index >= 15 is 0 Å². The zero-order valence-electron chi connectivity index (χ0n) is 12.8. The van der Waals surface area contributed by atoms with Crippen LogP contribution in [0.5, 0.6) is 0 Å². The molecule has 0 radical (unpaired) electrons. The summed E-state index contributed by atoms with van der Waals surface area (Å²) >= 11 is 5.70. The minimum Gasteiger partial charge on any atom is -0.508 e. The lowest BCUT2D eigenvalue weighted by atomic mass is 10.1. The zero-order chi connectivity index (χ0) is 18.7. The van der Waals surface area contributed by atoms with Gasteiger partial charge in [-0.25, -0.2) is 18.4 Å². The van der Waals surface area contributed by atoms with Crippen molar-refractivity contribution >= 4 is 39.1 Å². The van der Waals surface area contributed by atoms with Crippen molar-refractivity contribution in [2.45, 2.75) is 18.7 Å². The van der Waals surface area contributed by atoms with Gasteiger partial charge in [0.15, 0.2) is 5.78 Å². The van der Waals surface area contributed by atoms with Gasteiger partial charge in [0, 0.05) is 5.71 Å². The average molecular weight is 375 g/mol. The number of nitrogens with one attached hydrogen (secondary N) is 1. The van der Waals surface area contributed by atoms with Crippen LogP contribution in [0.15, 0.2) is 34.4 Å². The molecule has 130 valence electrons. The summed E-state index contributed by atoms with van der Waals surface area (Å²) in [6.07, 6.45) is 0. The van der Waals surface area contributed by atoms with E-state index in [1.54, 1.807) is 0 Å². The number of aliphatic hydroxyl groups is 1. The molecule has 10 heteroatoms. The number of sulfonamides is 1. The molecule has 0 atom stereocenters. The molecular formula is C14H15ClN2O6S. The Balaban J connectivity index is 3.04. The van der Waals surface area contributed by atoms with Gasteiger partial charge in [-0.2, -0.15) is 0 Å². The fourth-order valence-electron chi connectivity index (χ4n) is 1.82. The summed E-state index contributed by atoms with van der Waals surface area (Å²) in [7, 11) is -4.13. The van der Waals surface area contributed by atoms with Gasteiger partial charge in [0.2, 0.25) is 10.0 Å². The summed E-state index contributed by atoms with van der Waals surface area (Å²) in [5, 5.41) is 22.0. The van der Waals surface area contributed by atoms with Crippen LogP contribution in [0.2, 0.25) is 5.02 Å².